The van der Waals surface area contributed by atoms with Crippen molar-refractivity contribution in [1.82, 2.24) is 0 Å². The van der Waals surface area contributed by atoms with E-state index in [1.54, 1.807) is 17.1 Å². The summed E-state index contributed by atoms with van der Waals surface area (Å²) < 4.78 is 14.1. The second kappa shape index (κ2) is 8.08. The van der Waals surface area contributed by atoms with Crippen LogP contribution in [-0.4, -0.2) is 6.61 Å². The molecule has 0 aliphatic heterocycles. The molecule has 0 amide bonds. The molecule has 0 saturated carbocycles. The van der Waals surface area contributed by atoms with Crippen LogP contribution in [0.5, 0.6) is 0 Å². The molecule has 0 aromatic carbocycles. The Kier molecular flexibility index (Phi) is 6.54. The lowest BCUT2D eigenvalue weighted by Gasteiger charge is -1.99. The van der Waals surface area contributed by atoms with Crippen molar-refractivity contribution < 1.29 is 14.0 Å². The van der Waals surface area contributed by atoms with E-state index in [1.807, 2.05) is 0 Å². The van der Waals surface area contributed by atoms with Crippen molar-refractivity contribution in [2.24, 2.45) is 0 Å². The van der Waals surface area contributed by atoms with Gasteiger partial charge in [0.2, 0.25) is 12.4 Å². The topological polar surface area (TPSA) is 13.1 Å². The summed E-state index contributed by atoms with van der Waals surface area (Å²) in [5, 5.41) is 0. The van der Waals surface area contributed by atoms with E-state index in [4.69, 9.17) is 4.84 Å². The molecule has 1 rings (SSSR count). The number of halogens is 1. The molecule has 2 nitrogen and oxygen atoms in total. The van der Waals surface area contributed by atoms with E-state index < -0.39 is 0 Å². The molecule has 90 valence electrons. The molecule has 0 spiro atoms. The lowest BCUT2D eigenvalue weighted by molar-refractivity contribution is -0.891. The van der Waals surface area contributed by atoms with Crippen molar-refractivity contribution in [2.75, 3.05) is 6.61 Å². The third kappa shape index (κ3) is 5.69. The highest BCUT2D eigenvalue weighted by Gasteiger charge is 2.00. The van der Waals surface area contributed by atoms with E-state index in [1.165, 1.54) is 44.2 Å². The Morgan fingerprint density at radius 2 is 1.69 bits per heavy atom. The average molecular weight is 226 g/mol. The van der Waals surface area contributed by atoms with Crippen LogP contribution >= 0.6 is 0 Å². The minimum Gasteiger partial charge on any atom is -0.271 e. The summed E-state index contributed by atoms with van der Waals surface area (Å²) in [7, 11) is 0. The molecule has 1 aromatic heterocycles. The first-order valence-electron chi connectivity index (χ1n) is 6.13. The Bertz CT molecular complexity index is 274. The predicted octanol–water partition coefficient (Wildman–Crippen LogP) is 2.90. The first-order valence-corrected chi connectivity index (χ1v) is 6.13. The first kappa shape index (κ1) is 12.9. The highest BCUT2D eigenvalue weighted by Crippen LogP contribution is 2.03. The van der Waals surface area contributed by atoms with Gasteiger partial charge in [-0.15, -0.1) is 0 Å². The standard InChI is InChI=1S/C13H21FNO/c1-2-3-4-5-6-7-12-16-15-10-8-13(14)9-11-15/h8-11H,2-7,12H2,1H3/q+1. The van der Waals surface area contributed by atoms with Gasteiger partial charge in [-0.2, -0.15) is 0 Å². The van der Waals surface area contributed by atoms with Gasteiger partial charge in [0.1, 0.15) is 5.82 Å². The number of hydrogen-bond acceptors (Lipinski definition) is 1. The maximum Gasteiger partial charge on any atom is 0.225 e. The molecule has 0 aliphatic carbocycles. The lowest BCUT2D eigenvalue weighted by Crippen LogP contribution is -2.42. The van der Waals surface area contributed by atoms with Gasteiger partial charge in [-0.25, -0.2) is 4.39 Å². The van der Waals surface area contributed by atoms with E-state index in [0.29, 0.717) is 6.61 Å². The van der Waals surface area contributed by atoms with Crippen molar-refractivity contribution in [1.29, 1.82) is 0 Å². The van der Waals surface area contributed by atoms with E-state index in [9.17, 15) is 4.39 Å². The Morgan fingerprint density at radius 1 is 1.06 bits per heavy atom. The summed E-state index contributed by atoms with van der Waals surface area (Å²) in [6.45, 7) is 2.91. The highest BCUT2D eigenvalue weighted by molar-refractivity contribution is 4.88. The van der Waals surface area contributed by atoms with Crippen LogP contribution in [0.3, 0.4) is 0 Å². The minimum atomic E-state index is -0.237. The largest absolute Gasteiger partial charge is 0.271 e. The fourth-order valence-electron chi connectivity index (χ4n) is 1.53. The van der Waals surface area contributed by atoms with Gasteiger partial charge in [-0.1, -0.05) is 32.6 Å². The Hall–Kier alpha value is -1.12. The maximum absolute atomic E-state index is 12.6. The molecule has 0 saturated heterocycles. The van der Waals surface area contributed by atoms with E-state index in [0.717, 1.165) is 6.42 Å². The van der Waals surface area contributed by atoms with Gasteiger partial charge >= 0.3 is 0 Å². The molecule has 1 heterocycles. The summed E-state index contributed by atoms with van der Waals surface area (Å²) in [5.41, 5.74) is 0. The Labute approximate surface area is 97.0 Å². The second-order valence-corrected chi connectivity index (χ2v) is 3.98. The highest BCUT2D eigenvalue weighted by atomic mass is 19.1. The number of rotatable bonds is 8. The molecule has 1 aromatic rings. The van der Waals surface area contributed by atoms with Crippen LogP contribution < -0.4 is 9.57 Å². The summed E-state index contributed by atoms with van der Waals surface area (Å²) in [5.74, 6) is -0.237. The van der Waals surface area contributed by atoms with Crippen molar-refractivity contribution in [3.63, 3.8) is 0 Å². The van der Waals surface area contributed by atoms with Crippen LogP contribution in [0.1, 0.15) is 45.4 Å². The van der Waals surface area contributed by atoms with Crippen molar-refractivity contribution in [3.8, 4) is 0 Å². The van der Waals surface area contributed by atoms with Crippen molar-refractivity contribution in [2.45, 2.75) is 45.4 Å². The Balaban J connectivity index is 2.01. The molecule has 0 fully saturated rings. The molecule has 0 atom stereocenters. The lowest BCUT2D eigenvalue weighted by atomic mass is 10.1. The van der Waals surface area contributed by atoms with Crippen LogP contribution in [0.15, 0.2) is 24.5 Å². The van der Waals surface area contributed by atoms with Crippen molar-refractivity contribution in [3.05, 3.63) is 30.3 Å². The van der Waals surface area contributed by atoms with Crippen LogP contribution in [0.4, 0.5) is 4.39 Å². The molecule has 16 heavy (non-hydrogen) atoms. The summed E-state index contributed by atoms with van der Waals surface area (Å²) in [4.78, 5) is 5.42. The van der Waals surface area contributed by atoms with Gasteiger partial charge in [0, 0.05) is 16.9 Å². The van der Waals surface area contributed by atoms with Gasteiger partial charge in [0.15, 0.2) is 6.61 Å². The smallest absolute Gasteiger partial charge is 0.225 e. The molecular weight excluding hydrogens is 205 g/mol. The molecule has 3 heteroatoms. The number of unbranched alkanes of at least 4 members (excludes halogenated alkanes) is 5. The van der Waals surface area contributed by atoms with Gasteiger partial charge in [0.25, 0.3) is 0 Å². The third-order valence-corrected chi connectivity index (χ3v) is 2.50. The van der Waals surface area contributed by atoms with E-state index in [-0.39, 0.29) is 5.82 Å². The zero-order chi connectivity index (χ0) is 11.6. The summed E-state index contributed by atoms with van der Waals surface area (Å²) >= 11 is 0. The van der Waals surface area contributed by atoms with Gasteiger partial charge < -0.3 is 0 Å². The fourth-order valence-corrected chi connectivity index (χ4v) is 1.53. The summed E-state index contributed by atoms with van der Waals surface area (Å²) in [6, 6.07) is 2.78. The number of aromatic nitrogens is 1. The van der Waals surface area contributed by atoms with E-state index in [2.05, 4.69) is 6.92 Å². The molecule has 0 bridgehead atoms. The number of pyridine rings is 1. The molecule has 0 unspecified atom stereocenters. The monoisotopic (exact) mass is 226 g/mol. The molecule has 0 N–H and O–H groups in total. The normalized spacial score (nSPS) is 10.4. The average Bonchev–Trinajstić information content (AvgIpc) is 2.30. The first-order chi connectivity index (χ1) is 7.83. The van der Waals surface area contributed by atoms with Gasteiger partial charge in [0.05, 0.1) is 0 Å². The number of hydrogen-bond donors (Lipinski definition) is 0. The zero-order valence-electron chi connectivity index (χ0n) is 9.99. The summed E-state index contributed by atoms with van der Waals surface area (Å²) in [6.07, 6.45) is 10.7. The van der Waals surface area contributed by atoms with Gasteiger partial charge in [-0.3, -0.25) is 4.84 Å². The van der Waals surface area contributed by atoms with Crippen LogP contribution in [0, 0.1) is 5.82 Å². The predicted molar refractivity (Wildman–Crippen MR) is 61.4 cm³/mol. The minimum absolute atomic E-state index is 0.237. The van der Waals surface area contributed by atoms with Crippen LogP contribution in [0.25, 0.3) is 0 Å². The third-order valence-electron chi connectivity index (χ3n) is 2.50. The van der Waals surface area contributed by atoms with Crippen molar-refractivity contribution >= 4 is 0 Å². The van der Waals surface area contributed by atoms with Crippen LogP contribution in [-0.2, 0) is 0 Å². The SMILES string of the molecule is CCCCCCCCO[n+]1ccc(F)cc1. The Morgan fingerprint density at radius 3 is 2.38 bits per heavy atom. The van der Waals surface area contributed by atoms with Gasteiger partial charge in [-0.05, 0) is 12.8 Å². The second-order valence-electron chi connectivity index (χ2n) is 3.98. The quantitative estimate of drug-likeness (QED) is 0.490. The fraction of sp³-hybridized carbons (Fsp3) is 0.615. The number of nitrogens with zero attached hydrogens (tertiary/aromatic N) is 1. The molecular formula is C13H21FNO+. The molecule has 0 radical (unpaired) electrons. The maximum atomic E-state index is 12.6. The zero-order valence-corrected chi connectivity index (χ0v) is 9.99. The van der Waals surface area contributed by atoms with Crippen LogP contribution in [0.2, 0.25) is 0 Å². The van der Waals surface area contributed by atoms with E-state index >= 15 is 0 Å². The molecule has 0 aliphatic rings.